The summed E-state index contributed by atoms with van der Waals surface area (Å²) in [6.07, 6.45) is 0.902. The van der Waals surface area contributed by atoms with Crippen LogP contribution in [0, 0.1) is 0 Å². The van der Waals surface area contributed by atoms with E-state index in [-0.39, 0.29) is 5.60 Å². The minimum Gasteiger partial charge on any atom is -0.378 e. The molecule has 2 aliphatic heterocycles. The summed E-state index contributed by atoms with van der Waals surface area (Å²) in [7, 11) is 0. The fourth-order valence-corrected chi connectivity index (χ4v) is 3.11. The average molecular weight is 322 g/mol. The maximum absolute atomic E-state index is 6.01. The summed E-state index contributed by atoms with van der Waals surface area (Å²) in [5.41, 5.74) is 0.609. The number of halogens is 1. The van der Waals surface area contributed by atoms with Gasteiger partial charge < -0.3 is 18.9 Å². The Bertz CT molecular complexity index is 670. The number of aromatic nitrogens is 2. The Labute approximate surface area is 133 Å². The lowest BCUT2D eigenvalue weighted by molar-refractivity contribution is -0.0591. The summed E-state index contributed by atoms with van der Waals surface area (Å²) in [6.45, 7) is 3.45. The van der Waals surface area contributed by atoms with Gasteiger partial charge in [0.1, 0.15) is 5.60 Å². The third kappa shape index (κ3) is 2.58. The predicted molar refractivity (Wildman–Crippen MR) is 81.1 cm³/mol. The molecule has 0 radical (unpaired) electrons. The van der Waals surface area contributed by atoms with Crippen molar-refractivity contribution in [2.45, 2.75) is 12.0 Å². The Morgan fingerprint density at radius 1 is 1.27 bits per heavy atom. The molecule has 1 unspecified atom stereocenters. The molecule has 1 atom stereocenters. The van der Waals surface area contributed by atoms with Crippen molar-refractivity contribution in [2.75, 3.05) is 37.8 Å². The molecule has 2 saturated heterocycles. The van der Waals surface area contributed by atoms with Crippen LogP contribution in [0.1, 0.15) is 6.42 Å². The first-order chi connectivity index (χ1) is 10.7. The van der Waals surface area contributed by atoms with Gasteiger partial charge in [-0.2, -0.15) is 4.98 Å². The molecule has 2 aliphatic rings. The number of hydrogen-bond donors (Lipinski definition) is 0. The molecular formula is C15H16ClN3O3. The molecule has 1 aromatic carbocycles. The van der Waals surface area contributed by atoms with Crippen LogP contribution < -0.4 is 4.90 Å². The molecule has 0 aliphatic carbocycles. The predicted octanol–water partition coefficient (Wildman–Crippen LogP) is 2.39. The van der Waals surface area contributed by atoms with Crippen LogP contribution in [0.3, 0.4) is 0 Å². The highest BCUT2D eigenvalue weighted by molar-refractivity contribution is 6.30. The number of rotatable bonds is 2. The topological polar surface area (TPSA) is 60.6 Å². The standard InChI is InChI=1S/C15H16ClN3O3/c16-12-3-1-2-11(8-12)13-17-14(22-18-13)19-5-7-21-15(9-19)4-6-20-10-15/h1-3,8H,4-7,9-10H2. The van der Waals surface area contributed by atoms with Crippen molar-refractivity contribution in [1.29, 1.82) is 0 Å². The zero-order chi connectivity index (χ0) is 15.0. The first kappa shape index (κ1) is 14.0. The Morgan fingerprint density at radius 3 is 3.05 bits per heavy atom. The number of hydrogen-bond acceptors (Lipinski definition) is 6. The van der Waals surface area contributed by atoms with Crippen molar-refractivity contribution in [1.82, 2.24) is 10.1 Å². The van der Waals surface area contributed by atoms with E-state index < -0.39 is 0 Å². The molecule has 0 bridgehead atoms. The molecule has 116 valence electrons. The van der Waals surface area contributed by atoms with Crippen molar-refractivity contribution in [3.05, 3.63) is 29.3 Å². The highest BCUT2D eigenvalue weighted by Crippen LogP contribution is 2.30. The Kier molecular flexibility index (Phi) is 3.52. The molecule has 0 amide bonds. The van der Waals surface area contributed by atoms with E-state index in [9.17, 15) is 0 Å². The summed E-state index contributed by atoms with van der Waals surface area (Å²) < 4.78 is 16.8. The highest BCUT2D eigenvalue weighted by atomic mass is 35.5. The SMILES string of the molecule is Clc1cccc(-c2noc(N3CCOC4(CCOC4)C3)n2)c1. The van der Waals surface area contributed by atoms with Gasteiger partial charge in [-0.15, -0.1) is 0 Å². The van der Waals surface area contributed by atoms with Gasteiger partial charge in [0.15, 0.2) is 0 Å². The van der Waals surface area contributed by atoms with E-state index in [0.717, 1.165) is 25.1 Å². The summed E-state index contributed by atoms with van der Waals surface area (Å²) in [5.74, 6) is 0.542. The third-order valence-electron chi connectivity index (χ3n) is 4.08. The van der Waals surface area contributed by atoms with E-state index in [0.29, 0.717) is 36.6 Å². The van der Waals surface area contributed by atoms with E-state index in [1.54, 1.807) is 0 Å². The van der Waals surface area contributed by atoms with Gasteiger partial charge in [-0.3, -0.25) is 0 Å². The van der Waals surface area contributed by atoms with Crippen molar-refractivity contribution in [2.24, 2.45) is 0 Å². The maximum Gasteiger partial charge on any atom is 0.324 e. The fourth-order valence-electron chi connectivity index (χ4n) is 2.92. The number of nitrogens with zero attached hydrogens (tertiary/aromatic N) is 3. The first-order valence-electron chi connectivity index (χ1n) is 7.30. The lowest BCUT2D eigenvalue weighted by atomic mass is 10.0. The van der Waals surface area contributed by atoms with Gasteiger partial charge in [0.25, 0.3) is 0 Å². The van der Waals surface area contributed by atoms with Crippen LogP contribution in [0.25, 0.3) is 11.4 Å². The molecule has 7 heteroatoms. The molecule has 2 fully saturated rings. The zero-order valence-electron chi connectivity index (χ0n) is 12.0. The van der Waals surface area contributed by atoms with Gasteiger partial charge in [-0.25, -0.2) is 0 Å². The van der Waals surface area contributed by atoms with E-state index in [1.807, 2.05) is 24.3 Å². The van der Waals surface area contributed by atoms with E-state index in [4.69, 9.17) is 25.6 Å². The van der Waals surface area contributed by atoms with Crippen LogP contribution in [0.15, 0.2) is 28.8 Å². The van der Waals surface area contributed by atoms with Crippen LogP contribution >= 0.6 is 11.6 Å². The number of benzene rings is 1. The summed E-state index contributed by atoms with van der Waals surface area (Å²) in [4.78, 5) is 6.56. The van der Waals surface area contributed by atoms with Crippen LogP contribution in [0.5, 0.6) is 0 Å². The van der Waals surface area contributed by atoms with Gasteiger partial charge in [0.05, 0.1) is 19.8 Å². The normalized spacial score (nSPS) is 25.0. The number of anilines is 1. The summed E-state index contributed by atoms with van der Waals surface area (Å²) in [6, 6.07) is 7.93. The van der Waals surface area contributed by atoms with Crippen LogP contribution in [-0.4, -0.2) is 48.7 Å². The summed E-state index contributed by atoms with van der Waals surface area (Å²) in [5, 5.41) is 4.71. The molecule has 6 nitrogen and oxygen atoms in total. The van der Waals surface area contributed by atoms with Crippen molar-refractivity contribution in [3.8, 4) is 11.4 Å². The van der Waals surface area contributed by atoms with E-state index >= 15 is 0 Å². The van der Waals surface area contributed by atoms with Gasteiger partial charge in [-0.05, 0) is 12.1 Å². The molecule has 0 N–H and O–H groups in total. The molecule has 1 spiro atoms. The Balaban J connectivity index is 1.56. The minimum atomic E-state index is -0.233. The zero-order valence-corrected chi connectivity index (χ0v) is 12.8. The second-order valence-corrected chi connectivity index (χ2v) is 6.10. The smallest absolute Gasteiger partial charge is 0.324 e. The van der Waals surface area contributed by atoms with Crippen molar-refractivity contribution < 1.29 is 14.0 Å². The van der Waals surface area contributed by atoms with Gasteiger partial charge in [0, 0.05) is 30.2 Å². The van der Waals surface area contributed by atoms with Gasteiger partial charge in [0.2, 0.25) is 5.82 Å². The lowest BCUT2D eigenvalue weighted by Crippen LogP contribution is -2.52. The molecule has 0 saturated carbocycles. The number of morpholine rings is 1. The quantitative estimate of drug-likeness (QED) is 0.846. The first-order valence-corrected chi connectivity index (χ1v) is 7.68. The van der Waals surface area contributed by atoms with E-state index in [1.165, 1.54) is 0 Å². The van der Waals surface area contributed by atoms with Gasteiger partial charge >= 0.3 is 6.01 Å². The van der Waals surface area contributed by atoms with Crippen molar-refractivity contribution in [3.63, 3.8) is 0 Å². The molecule has 1 aromatic heterocycles. The molecule has 2 aromatic rings. The lowest BCUT2D eigenvalue weighted by Gasteiger charge is -2.38. The van der Waals surface area contributed by atoms with Crippen molar-refractivity contribution >= 4 is 17.6 Å². The molecular weight excluding hydrogens is 306 g/mol. The second kappa shape index (κ2) is 5.53. The minimum absolute atomic E-state index is 0.233. The van der Waals surface area contributed by atoms with Crippen LogP contribution in [0.4, 0.5) is 6.01 Å². The average Bonchev–Trinajstić information content (AvgIpc) is 3.17. The Hall–Kier alpha value is -1.63. The van der Waals surface area contributed by atoms with E-state index in [2.05, 4.69) is 15.0 Å². The van der Waals surface area contributed by atoms with Crippen LogP contribution in [-0.2, 0) is 9.47 Å². The highest BCUT2D eigenvalue weighted by Gasteiger charge is 2.41. The third-order valence-corrected chi connectivity index (χ3v) is 4.32. The molecule has 3 heterocycles. The summed E-state index contributed by atoms with van der Waals surface area (Å²) >= 11 is 6.01. The monoisotopic (exact) mass is 321 g/mol. The van der Waals surface area contributed by atoms with Gasteiger partial charge in [-0.1, -0.05) is 28.9 Å². The van der Waals surface area contributed by atoms with Crippen LogP contribution in [0.2, 0.25) is 5.02 Å². The fraction of sp³-hybridized carbons (Fsp3) is 0.467. The second-order valence-electron chi connectivity index (χ2n) is 5.67. The Morgan fingerprint density at radius 2 is 2.23 bits per heavy atom. The molecule has 22 heavy (non-hydrogen) atoms. The molecule has 4 rings (SSSR count). The largest absolute Gasteiger partial charge is 0.378 e. The number of ether oxygens (including phenoxy) is 2. The maximum atomic E-state index is 6.01.